The summed E-state index contributed by atoms with van der Waals surface area (Å²) in [7, 11) is 0. The van der Waals surface area contributed by atoms with E-state index >= 15 is 0 Å². The first-order valence-corrected chi connectivity index (χ1v) is 10.4. The average Bonchev–Trinajstić information content (AvgIpc) is 2.69. The van der Waals surface area contributed by atoms with Crippen molar-refractivity contribution in [2.75, 3.05) is 13.2 Å². The van der Waals surface area contributed by atoms with Gasteiger partial charge in [-0.25, -0.2) is 13.2 Å². The summed E-state index contributed by atoms with van der Waals surface area (Å²) in [6, 6.07) is 2.15. The average molecular weight is 400 g/mol. The monoisotopic (exact) mass is 400 g/mol. The maximum Gasteiger partial charge on any atom is 0.283 e. The molecule has 1 heterocycles. The van der Waals surface area contributed by atoms with Gasteiger partial charge in [0.1, 0.15) is 0 Å². The predicted octanol–water partition coefficient (Wildman–Crippen LogP) is 5.66. The van der Waals surface area contributed by atoms with Crippen molar-refractivity contribution < 1.29 is 27.8 Å². The minimum Gasteiger partial charge on any atom is -0.343 e. The summed E-state index contributed by atoms with van der Waals surface area (Å²) in [6.45, 7) is 5.21. The Kier molecular flexibility index (Phi) is 6.72. The first kappa shape index (κ1) is 21.6. The molecule has 158 valence electrons. The van der Waals surface area contributed by atoms with E-state index in [-0.39, 0.29) is 17.3 Å². The van der Waals surface area contributed by atoms with Crippen LogP contribution in [-0.4, -0.2) is 24.3 Å². The molecule has 28 heavy (non-hydrogen) atoms. The third-order valence-electron chi connectivity index (χ3n) is 6.36. The molecule has 0 radical (unpaired) electrons. The molecule has 1 N–H and O–H groups in total. The summed E-state index contributed by atoms with van der Waals surface area (Å²) in [6.07, 6.45) is 6.97. The molecule has 1 saturated heterocycles. The second-order valence-corrected chi connectivity index (χ2v) is 8.82. The molecule has 2 fully saturated rings. The zero-order chi connectivity index (χ0) is 20.4. The van der Waals surface area contributed by atoms with Gasteiger partial charge in [-0.2, -0.15) is 0 Å². The van der Waals surface area contributed by atoms with Gasteiger partial charge >= 0.3 is 0 Å². The van der Waals surface area contributed by atoms with Crippen molar-refractivity contribution in [2.24, 2.45) is 11.3 Å². The number of hydrogen-bond donors (Lipinski definition) is 1. The fourth-order valence-corrected chi connectivity index (χ4v) is 4.42. The summed E-state index contributed by atoms with van der Waals surface area (Å²) in [5.74, 6) is -5.58. The molecule has 3 rings (SSSR count). The molecule has 0 unspecified atom stereocenters. The molecule has 3 nitrogen and oxygen atoms in total. The normalized spacial score (nSPS) is 33.8. The molecule has 0 amide bonds. The Labute approximate surface area is 165 Å². The lowest BCUT2D eigenvalue weighted by molar-refractivity contribution is -0.427. The Balaban J connectivity index is 1.55. The van der Waals surface area contributed by atoms with Gasteiger partial charge in [0.25, 0.3) is 5.97 Å². The molecule has 1 aromatic carbocycles. The molecule has 1 saturated carbocycles. The van der Waals surface area contributed by atoms with Crippen molar-refractivity contribution in [1.29, 1.82) is 0 Å². The Morgan fingerprint density at radius 1 is 1.00 bits per heavy atom. The maximum atomic E-state index is 13.5. The van der Waals surface area contributed by atoms with Gasteiger partial charge in [0, 0.05) is 11.3 Å². The highest BCUT2D eigenvalue weighted by Gasteiger charge is 2.47. The number of unbranched alkanes of at least 4 members (excludes halogenated alkanes) is 2. The highest BCUT2D eigenvalue weighted by molar-refractivity contribution is 5.23. The van der Waals surface area contributed by atoms with Crippen molar-refractivity contribution in [3.05, 3.63) is 35.1 Å². The SMILES string of the molecule is CCCCCC1(C)COC(O)(C2CCC(c3cc(F)c(F)c(F)c3)CC2)OC1. The van der Waals surface area contributed by atoms with Crippen molar-refractivity contribution in [3.63, 3.8) is 0 Å². The number of rotatable bonds is 6. The minimum absolute atomic E-state index is 0.0626. The first-order chi connectivity index (χ1) is 13.3. The summed E-state index contributed by atoms with van der Waals surface area (Å²) < 4.78 is 51.8. The lowest BCUT2D eigenvalue weighted by Gasteiger charge is -2.46. The second kappa shape index (κ2) is 8.72. The van der Waals surface area contributed by atoms with Crippen LogP contribution in [0.25, 0.3) is 0 Å². The van der Waals surface area contributed by atoms with Crippen molar-refractivity contribution in [2.45, 2.75) is 77.1 Å². The molecule has 1 aliphatic carbocycles. The zero-order valence-electron chi connectivity index (χ0n) is 16.8. The van der Waals surface area contributed by atoms with Crippen LogP contribution in [-0.2, 0) is 9.47 Å². The van der Waals surface area contributed by atoms with Gasteiger partial charge in [-0.15, -0.1) is 0 Å². The molecule has 2 aliphatic rings. The molecule has 0 spiro atoms. The van der Waals surface area contributed by atoms with E-state index < -0.39 is 23.4 Å². The number of ether oxygens (including phenoxy) is 2. The van der Waals surface area contributed by atoms with Gasteiger partial charge in [0.15, 0.2) is 17.5 Å². The smallest absolute Gasteiger partial charge is 0.283 e. The second-order valence-electron chi connectivity index (χ2n) is 8.82. The number of hydrogen-bond acceptors (Lipinski definition) is 3. The summed E-state index contributed by atoms with van der Waals surface area (Å²) in [5, 5.41) is 10.9. The largest absolute Gasteiger partial charge is 0.343 e. The molecule has 6 heteroatoms. The highest BCUT2D eigenvalue weighted by atomic mass is 19.2. The molecule has 0 atom stereocenters. The van der Waals surface area contributed by atoms with Crippen LogP contribution in [0.15, 0.2) is 12.1 Å². The van der Waals surface area contributed by atoms with Crippen molar-refractivity contribution >= 4 is 0 Å². The minimum atomic E-state index is -1.59. The van der Waals surface area contributed by atoms with E-state index in [1.807, 2.05) is 0 Å². The fourth-order valence-electron chi connectivity index (χ4n) is 4.42. The van der Waals surface area contributed by atoms with Gasteiger partial charge < -0.3 is 14.6 Å². The van der Waals surface area contributed by atoms with E-state index in [1.165, 1.54) is 6.42 Å². The predicted molar refractivity (Wildman–Crippen MR) is 100 cm³/mol. The van der Waals surface area contributed by atoms with Crippen LogP contribution in [0.1, 0.15) is 76.7 Å². The standard InChI is InChI=1S/C22H31F3O3/c1-3-4-5-10-21(2)13-27-22(26,28-14-21)17-8-6-15(7-9-17)16-11-18(23)20(25)19(24)12-16/h11-12,15,17,26H,3-10,13-14H2,1-2H3. The topological polar surface area (TPSA) is 38.7 Å². The van der Waals surface area contributed by atoms with Gasteiger partial charge in [0.2, 0.25) is 0 Å². The first-order valence-electron chi connectivity index (χ1n) is 10.4. The van der Waals surface area contributed by atoms with Crippen LogP contribution < -0.4 is 0 Å². The fraction of sp³-hybridized carbons (Fsp3) is 0.727. The van der Waals surface area contributed by atoms with E-state index in [1.54, 1.807) is 0 Å². The Morgan fingerprint density at radius 3 is 2.11 bits per heavy atom. The van der Waals surface area contributed by atoms with Crippen LogP contribution in [0.4, 0.5) is 13.2 Å². The third kappa shape index (κ3) is 4.71. The van der Waals surface area contributed by atoms with Gasteiger partial charge in [0.05, 0.1) is 13.2 Å². The van der Waals surface area contributed by atoms with Gasteiger partial charge in [-0.1, -0.05) is 33.1 Å². The van der Waals surface area contributed by atoms with Crippen LogP contribution in [0.3, 0.4) is 0 Å². The lowest BCUT2D eigenvalue weighted by atomic mass is 9.77. The zero-order valence-corrected chi connectivity index (χ0v) is 16.8. The molecule has 0 aromatic heterocycles. The quantitative estimate of drug-likeness (QED) is 0.495. The summed E-state index contributed by atoms with van der Waals surface area (Å²) in [4.78, 5) is 0. The molecular formula is C22H31F3O3. The Bertz CT molecular complexity index is 640. The van der Waals surface area contributed by atoms with Crippen molar-refractivity contribution in [1.82, 2.24) is 0 Å². The van der Waals surface area contributed by atoms with Crippen LogP contribution in [0.5, 0.6) is 0 Å². The van der Waals surface area contributed by atoms with Crippen molar-refractivity contribution in [3.8, 4) is 0 Å². The molecule has 1 aromatic rings. The van der Waals surface area contributed by atoms with Crippen LogP contribution >= 0.6 is 0 Å². The van der Waals surface area contributed by atoms with E-state index in [0.29, 0.717) is 44.5 Å². The molecular weight excluding hydrogens is 369 g/mol. The number of aliphatic hydroxyl groups is 1. The molecule has 1 aliphatic heterocycles. The van der Waals surface area contributed by atoms with E-state index in [9.17, 15) is 18.3 Å². The van der Waals surface area contributed by atoms with E-state index in [0.717, 1.165) is 31.4 Å². The summed E-state index contributed by atoms with van der Waals surface area (Å²) >= 11 is 0. The van der Waals surface area contributed by atoms with E-state index in [4.69, 9.17) is 9.47 Å². The Hall–Kier alpha value is -1.11. The highest BCUT2D eigenvalue weighted by Crippen LogP contribution is 2.44. The summed E-state index contributed by atoms with van der Waals surface area (Å²) in [5.41, 5.74) is 0.387. The van der Waals surface area contributed by atoms with Crippen LogP contribution in [0.2, 0.25) is 0 Å². The third-order valence-corrected chi connectivity index (χ3v) is 6.36. The van der Waals surface area contributed by atoms with Gasteiger partial charge in [-0.05, 0) is 55.7 Å². The number of benzene rings is 1. The number of halogens is 3. The van der Waals surface area contributed by atoms with Crippen LogP contribution in [0, 0.1) is 28.8 Å². The van der Waals surface area contributed by atoms with E-state index in [2.05, 4.69) is 13.8 Å². The van der Waals surface area contributed by atoms with Gasteiger partial charge in [-0.3, -0.25) is 0 Å². The maximum absolute atomic E-state index is 13.5. The Morgan fingerprint density at radius 2 is 1.57 bits per heavy atom. The molecule has 0 bridgehead atoms. The lowest BCUT2D eigenvalue weighted by Crippen LogP contribution is -2.53.